The molecule has 1 saturated heterocycles. The molecule has 1 aliphatic carbocycles. The normalized spacial score (nSPS) is 19.8. The maximum Gasteiger partial charge on any atom is 0.268 e. The highest BCUT2D eigenvalue weighted by molar-refractivity contribution is 6.01. The molecule has 4 rings (SSSR count). The molecule has 0 bridgehead atoms. The predicted octanol–water partition coefficient (Wildman–Crippen LogP) is 1.39. The summed E-state index contributed by atoms with van der Waals surface area (Å²) in [6, 6.07) is 3.90. The number of hydrogen-bond donors (Lipinski definition) is 4. The van der Waals surface area contributed by atoms with E-state index in [1.807, 2.05) is 0 Å². The molecule has 10 nitrogen and oxygen atoms in total. The maximum absolute atomic E-state index is 13.0. The second-order valence-electron chi connectivity index (χ2n) is 8.73. The smallest absolute Gasteiger partial charge is 0.268 e. The van der Waals surface area contributed by atoms with Crippen LogP contribution >= 0.6 is 0 Å². The molecule has 3 atom stereocenters. The van der Waals surface area contributed by atoms with Crippen LogP contribution in [0.2, 0.25) is 0 Å². The van der Waals surface area contributed by atoms with Crippen molar-refractivity contribution in [3.63, 3.8) is 0 Å². The van der Waals surface area contributed by atoms with Crippen molar-refractivity contribution in [2.45, 2.75) is 50.6 Å². The van der Waals surface area contributed by atoms with E-state index in [0.717, 1.165) is 19.3 Å². The van der Waals surface area contributed by atoms with Gasteiger partial charge in [-0.1, -0.05) is 12.8 Å². The van der Waals surface area contributed by atoms with Crippen molar-refractivity contribution >= 4 is 28.6 Å². The third kappa shape index (κ3) is 5.42. The Morgan fingerprint density at radius 1 is 1.30 bits per heavy atom. The number of nitriles is 1. The number of fused-ring (bicyclic) bond motifs is 1. The van der Waals surface area contributed by atoms with Crippen molar-refractivity contribution in [3.8, 4) is 11.9 Å². The fourth-order valence-corrected chi connectivity index (χ4v) is 4.23. The Morgan fingerprint density at radius 3 is 2.82 bits per heavy atom. The molecular weight excluding hydrogens is 424 g/mol. The molecule has 0 unspecified atom stereocenters. The van der Waals surface area contributed by atoms with Gasteiger partial charge in [-0.2, -0.15) is 5.26 Å². The largest absolute Gasteiger partial charge is 0.481 e. The average molecular weight is 453 g/mol. The van der Waals surface area contributed by atoms with E-state index in [9.17, 15) is 19.6 Å². The minimum absolute atomic E-state index is 0.0812. The summed E-state index contributed by atoms with van der Waals surface area (Å²) in [6.07, 6.45) is 5.92. The topological polar surface area (TPSA) is 149 Å². The van der Waals surface area contributed by atoms with Gasteiger partial charge in [0.2, 0.25) is 17.7 Å². The fourth-order valence-electron chi connectivity index (χ4n) is 4.23. The van der Waals surface area contributed by atoms with Crippen LogP contribution in [0.4, 0.5) is 0 Å². The molecule has 2 fully saturated rings. The van der Waals surface area contributed by atoms with E-state index in [-0.39, 0.29) is 18.2 Å². The maximum atomic E-state index is 13.0. The summed E-state index contributed by atoms with van der Waals surface area (Å²) in [5.74, 6) is -0.434. The van der Waals surface area contributed by atoms with Crippen LogP contribution in [0, 0.1) is 23.2 Å². The Morgan fingerprint density at radius 2 is 2.12 bits per heavy atom. The molecule has 1 saturated carbocycles. The third-order valence-corrected chi connectivity index (χ3v) is 6.23. The van der Waals surface area contributed by atoms with Crippen LogP contribution in [-0.4, -0.2) is 53.4 Å². The molecule has 174 valence electrons. The predicted molar refractivity (Wildman–Crippen MR) is 119 cm³/mol. The van der Waals surface area contributed by atoms with Crippen LogP contribution in [0.5, 0.6) is 5.88 Å². The van der Waals surface area contributed by atoms with Gasteiger partial charge in [0, 0.05) is 18.7 Å². The number of rotatable bonds is 9. The molecule has 0 spiro atoms. The van der Waals surface area contributed by atoms with Crippen molar-refractivity contribution in [1.29, 1.82) is 5.26 Å². The first-order valence-corrected chi connectivity index (χ1v) is 11.3. The van der Waals surface area contributed by atoms with Crippen LogP contribution in [0.25, 0.3) is 10.9 Å². The molecule has 0 radical (unpaired) electrons. The van der Waals surface area contributed by atoms with Crippen LogP contribution < -0.4 is 20.7 Å². The monoisotopic (exact) mass is 452 g/mol. The van der Waals surface area contributed by atoms with Crippen molar-refractivity contribution in [2.24, 2.45) is 11.8 Å². The van der Waals surface area contributed by atoms with E-state index in [2.05, 4.69) is 32.0 Å². The lowest BCUT2D eigenvalue weighted by Crippen LogP contribution is -2.50. The van der Waals surface area contributed by atoms with Crippen LogP contribution in [0.3, 0.4) is 0 Å². The first-order chi connectivity index (χ1) is 16.0. The lowest BCUT2D eigenvalue weighted by molar-refractivity contribution is -0.128. The number of hydrogen-bond acceptors (Lipinski definition) is 6. The Kier molecular flexibility index (Phi) is 6.77. The molecule has 4 N–H and O–H groups in total. The van der Waals surface area contributed by atoms with Gasteiger partial charge >= 0.3 is 0 Å². The van der Waals surface area contributed by atoms with Gasteiger partial charge in [0.25, 0.3) is 5.91 Å². The van der Waals surface area contributed by atoms with Gasteiger partial charge in [0.15, 0.2) is 0 Å². The number of nitrogens with one attached hydrogen (secondary N) is 4. The number of carbonyl (C=O) groups is 3. The first kappa shape index (κ1) is 22.6. The van der Waals surface area contributed by atoms with Gasteiger partial charge in [-0.05, 0) is 43.7 Å². The summed E-state index contributed by atoms with van der Waals surface area (Å²) in [5, 5.41) is 18.6. The highest BCUT2D eigenvalue weighted by atomic mass is 16.5. The van der Waals surface area contributed by atoms with E-state index in [1.54, 1.807) is 18.3 Å². The zero-order chi connectivity index (χ0) is 23.4. The Labute approximate surface area is 191 Å². The first-order valence-electron chi connectivity index (χ1n) is 11.3. The third-order valence-electron chi connectivity index (χ3n) is 6.23. The molecule has 2 aromatic heterocycles. The van der Waals surface area contributed by atoms with Crippen LogP contribution in [0.1, 0.15) is 49.0 Å². The van der Waals surface area contributed by atoms with Gasteiger partial charge in [-0.25, -0.2) is 4.98 Å². The average Bonchev–Trinajstić information content (AvgIpc) is 3.53. The van der Waals surface area contributed by atoms with Gasteiger partial charge in [0.05, 0.1) is 24.1 Å². The van der Waals surface area contributed by atoms with Crippen molar-refractivity contribution in [1.82, 2.24) is 25.9 Å². The molecule has 0 aromatic carbocycles. The zero-order valence-electron chi connectivity index (χ0n) is 18.5. The number of methoxy groups -OCH3 is 1. The number of pyridine rings is 1. The second-order valence-corrected chi connectivity index (χ2v) is 8.73. The van der Waals surface area contributed by atoms with Crippen LogP contribution in [-0.2, 0) is 9.59 Å². The summed E-state index contributed by atoms with van der Waals surface area (Å²) < 4.78 is 5.24. The van der Waals surface area contributed by atoms with Gasteiger partial charge in [-0.15, -0.1) is 0 Å². The van der Waals surface area contributed by atoms with Gasteiger partial charge in [0.1, 0.15) is 17.8 Å². The molecule has 3 heterocycles. The second kappa shape index (κ2) is 9.90. The minimum Gasteiger partial charge on any atom is -0.481 e. The fraction of sp³-hybridized carbons (Fsp3) is 0.522. The van der Waals surface area contributed by atoms with Gasteiger partial charge < -0.3 is 25.7 Å². The number of carbonyl (C=O) groups excluding carboxylic acids is 3. The van der Waals surface area contributed by atoms with Crippen molar-refractivity contribution in [3.05, 3.63) is 24.0 Å². The Bertz CT molecular complexity index is 1090. The lowest BCUT2D eigenvalue weighted by Gasteiger charge is -2.25. The number of aromatic nitrogens is 2. The number of ether oxygens (including phenoxy) is 1. The highest BCUT2D eigenvalue weighted by Crippen LogP contribution is 2.34. The molecular formula is C23H28N6O4. The summed E-state index contributed by atoms with van der Waals surface area (Å²) in [7, 11) is 1.51. The number of piperidine rings is 1. The SMILES string of the molecule is COc1nccc2[nH]c(C(=O)N[C@@H](CC3CC3)C(=O)N[C@H](C#N)C[C@@H]3CCCNC3=O)cc12. The summed E-state index contributed by atoms with van der Waals surface area (Å²) in [5.41, 5.74) is 0.992. The summed E-state index contributed by atoms with van der Waals surface area (Å²) >= 11 is 0. The minimum atomic E-state index is -0.798. The zero-order valence-corrected chi connectivity index (χ0v) is 18.5. The number of aromatic amines is 1. The van der Waals surface area contributed by atoms with Crippen molar-refractivity contribution in [2.75, 3.05) is 13.7 Å². The van der Waals surface area contributed by atoms with E-state index < -0.39 is 23.9 Å². The van der Waals surface area contributed by atoms with E-state index >= 15 is 0 Å². The summed E-state index contributed by atoms with van der Waals surface area (Å²) in [6.45, 7) is 0.643. The number of H-pyrrole nitrogens is 1. The standard InChI is InChI=1S/C23H28N6O4/c1-33-23-16-11-19(28-17(16)6-8-26-23)22(32)29-18(9-13-4-5-13)21(31)27-15(12-24)10-14-3-2-7-25-20(14)30/h6,8,11,13-15,18,28H,2-5,7,9-10H2,1H3,(H,25,30)(H,27,31)(H,29,32)/t14-,15-,18-/m0/s1. The van der Waals surface area contributed by atoms with E-state index in [0.29, 0.717) is 47.8 Å². The molecule has 2 aliphatic rings. The Hall–Kier alpha value is -3.61. The van der Waals surface area contributed by atoms with E-state index in [1.165, 1.54) is 7.11 Å². The lowest BCUT2D eigenvalue weighted by atomic mass is 9.92. The molecule has 33 heavy (non-hydrogen) atoms. The quantitative estimate of drug-likeness (QED) is 0.452. The Balaban J connectivity index is 1.43. The molecule has 10 heteroatoms. The molecule has 3 amide bonds. The molecule has 1 aliphatic heterocycles. The number of nitrogens with zero attached hydrogens (tertiary/aromatic N) is 2. The van der Waals surface area contributed by atoms with E-state index in [4.69, 9.17) is 4.74 Å². The van der Waals surface area contributed by atoms with Crippen LogP contribution in [0.15, 0.2) is 18.3 Å². The molecule has 2 aromatic rings. The summed E-state index contributed by atoms with van der Waals surface area (Å²) in [4.78, 5) is 45.2. The van der Waals surface area contributed by atoms with Gasteiger partial charge in [-0.3, -0.25) is 14.4 Å². The van der Waals surface area contributed by atoms with Crippen molar-refractivity contribution < 1.29 is 19.1 Å². The number of amides is 3. The highest BCUT2D eigenvalue weighted by Gasteiger charge is 2.33.